The van der Waals surface area contributed by atoms with Crippen molar-refractivity contribution in [2.75, 3.05) is 6.61 Å². The molecule has 72 valence electrons. The highest BCUT2D eigenvalue weighted by Crippen LogP contribution is 2.22. The van der Waals surface area contributed by atoms with Gasteiger partial charge in [0.15, 0.2) is 0 Å². The lowest BCUT2D eigenvalue weighted by Gasteiger charge is -2.08. The molecule has 0 atom stereocenters. The molecule has 0 aliphatic rings. The third-order valence-corrected chi connectivity index (χ3v) is 2.28. The van der Waals surface area contributed by atoms with Crippen LogP contribution in [0, 0.1) is 5.92 Å². The molecule has 3 heteroatoms. The number of ether oxygens (including phenoxy) is 1. The van der Waals surface area contributed by atoms with Gasteiger partial charge in [0.05, 0.1) is 11.1 Å². The molecule has 0 spiro atoms. The van der Waals surface area contributed by atoms with Gasteiger partial charge in [0, 0.05) is 12.4 Å². The molecule has 13 heavy (non-hydrogen) atoms. The quantitative estimate of drug-likeness (QED) is 0.810. The number of nitrogens with zero attached hydrogens (tertiary/aromatic N) is 1. The van der Waals surface area contributed by atoms with E-state index in [0.717, 1.165) is 23.2 Å². The van der Waals surface area contributed by atoms with Gasteiger partial charge in [0.2, 0.25) is 0 Å². The molecule has 0 N–H and O–H groups in total. The Morgan fingerprint density at radius 1 is 1.54 bits per heavy atom. The summed E-state index contributed by atoms with van der Waals surface area (Å²) in [6, 6.07) is 1.87. The highest BCUT2D eigenvalue weighted by atomic mass is 79.9. The summed E-state index contributed by atoms with van der Waals surface area (Å²) in [5.74, 6) is 1.55. The van der Waals surface area contributed by atoms with Crippen LogP contribution < -0.4 is 4.74 Å². The Morgan fingerprint density at radius 2 is 2.31 bits per heavy atom. The first-order valence-electron chi connectivity index (χ1n) is 4.42. The van der Waals surface area contributed by atoms with Crippen molar-refractivity contribution < 1.29 is 4.74 Å². The number of hydrogen-bond acceptors (Lipinski definition) is 2. The van der Waals surface area contributed by atoms with Crippen molar-refractivity contribution in [3.05, 3.63) is 22.9 Å². The van der Waals surface area contributed by atoms with Crippen LogP contribution in [0.2, 0.25) is 0 Å². The van der Waals surface area contributed by atoms with Gasteiger partial charge < -0.3 is 4.74 Å². The van der Waals surface area contributed by atoms with Crippen molar-refractivity contribution in [1.29, 1.82) is 0 Å². The Kier molecular flexibility index (Phi) is 4.22. The fraction of sp³-hybridized carbons (Fsp3) is 0.500. The minimum Gasteiger partial charge on any atom is -0.492 e. The van der Waals surface area contributed by atoms with Crippen molar-refractivity contribution in [3.63, 3.8) is 0 Å². The number of hydrogen-bond donors (Lipinski definition) is 0. The van der Waals surface area contributed by atoms with Gasteiger partial charge in [-0.15, -0.1) is 0 Å². The van der Waals surface area contributed by atoms with Crippen molar-refractivity contribution in [1.82, 2.24) is 4.98 Å². The lowest BCUT2D eigenvalue weighted by molar-refractivity contribution is 0.287. The number of aromatic nitrogens is 1. The van der Waals surface area contributed by atoms with Crippen LogP contribution >= 0.6 is 15.9 Å². The van der Waals surface area contributed by atoms with E-state index in [1.165, 1.54) is 0 Å². The lowest BCUT2D eigenvalue weighted by atomic mass is 10.1. The molecule has 0 radical (unpaired) electrons. The molecule has 0 aromatic carbocycles. The molecule has 1 heterocycles. The largest absolute Gasteiger partial charge is 0.492 e. The number of rotatable bonds is 4. The SMILES string of the molecule is CC(C)CCOc1ccncc1Br. The fourth-order valence-electron chi connectivity index (χ4n) is 0.884. The van der Waals surface area contributed by atoms with Crippen LogP contribution in [-0.4, -0.2) is 11.6 Å². The van der Waals surface area contributed by atoms with Crippen LogP contribution in [0.15, 0.2) is 22.9 Å². The van der Waals surface area contributed by atoms with Crippen LogP contribution in [0.4, 0.5) is 0 Å². The Hall–Kier alpha value is -0.570. The van der Waals surface area contributed by atoms with Crippen molar-refractivity contribution in [2.24, 2.45) is 5.92 Å². The smallest absolute Gasteiger partial charge is 0.136 e. The zero-order chi connectivity index (χ0) is 9.68. The van der Waals surface area contributed by atoms with E-state index >= 15 is 0 Å². The average Bonchev–Trinajstić information content (AvgIpc) is 2.08. The molecular formula is C10H14BrNO. The average molecular weight is 244 g/mol. The minimum atomic E-state index is 0.681. The molecule has 0 aliphatic carbocycles. The summed E-state index contributed by atoms with van der Waals surface area (Å²) < 4.78 is 6.48. The highest BCUT2D eigenvalue weighted by molar-refractivity contribution is 9.10. The zero-order valence-corrected chi connectivity index (χ0v) is 9.54. The number of pyridine rings is 1. The molecule has 0 bridgehead atoms. The van der Waals surface area contributed by atoms with Crippen LogP contribution in [0.5, 0.6) is 5.75 Å². The van der Waals surface area contributed by atoms with E-state index in [-0.39, 0.29) is 0 Å². The predicted molar refractivity (Wildman–Crippen MR) is 56.9 cm³/mol. The Labute approximate surface area is 87.5 Å². The summed E-state index contributed by atoms with van der Waals surface area (Å²) in [6.45, 7) is 5.14. The Bertz CT molecular complexity index is 263. The third kappa shape index (κ3) is 3.77. The van der Waals surface area contributed by atoms with Crippen molar-refractivity contribution >= 4 is 15.9 Å². The number of halogens is 1. The van der Waals surface area contributed by atoms with Crippen molar-refractivity contribution in [2.45, 2.75) is 20.3 Å². The van der Waals surface area contributed by atoms with E-state index in [1.54, 1.807) is 12.4 Å². The minimum absolute atomic E-state index is 0.681. The summed E-state index contributed by atoms with van der Waals surface area (Å²) in [6.07, 6.45) is 4.55. The molecule has 2 nitrogen and oxygen atoms in total. The molecule has 0 unspecified atom stereocenters. The summed E-state index contributed by atoms with van der Waals surface area (Å²) in [5, 5.41) is 0. The predicted octanol–water partition coefficient (Wildman–Crippen LogP) is 3.27. The molecule has 0 saturated carbocycles. The molecular weight excluding hydrogens is 230 g/mol. The second-order valence-electron chi connectivity index (χ2n) is 3.34. The van der Waals surface area contributed by atoms with Gasteiger partial charge in [0.25, 0.3) is 0 Å². The molecule has 0 saturated heterocycles. The van der Waals surface area contributed by atoms with E-state index in [0.29, 0.717) is 5.92 Å². The summed E-state index contributed by atoms with van der Waals surface area (Å²) >= 11 is 3.38. The topological polar surface area (TPSA) is 22.1 Å². The van der Waals surface area contributed by atoms with E-state index in [1.807, 2.05) is 6.07 Å². The van der Waals surface area contributed by atoms with Gasteiger partial charge in [-0.2, -0.15) is 0 Å². The first kappa shape index (κ1) is 10.5. The van der Waals surface area contributed by atoms with E-state index < -0.39 is 0 Å². The monoisotopic (exact) mass is 243 g/mol. The molecule has 1 rings (SSSR count). The first-order chi connectivity index (χ1) is 6.20. The summed E-state index contributed by atoms with van der Waals surface area (Å²) in [7, 11) is 0. The van der Waals surface area contributed by atoms with Crippen LogP contribution in [0.1, 0.15) is 20.3 Å². The van der Waals surface area contributed by atoms with Gasteiger partial charge in [0.1, 0.15) is 5.75 Å². The van der Waals surface area contributed by atoms with Gasteiger partial charge in [-0.25, -0.2) is 0 Å². The Balaban J connectivity index is 2.41. The molecule has 0 aliphatic heterocycles. The van der Waals surface area contributed by atoms with Crippen LogP contribution in [-0.2, 0) is 0 Å². The van der Waals surface area contributed by atoms with E-state index in [9.17, 15) is 0 Å². The molecule has 0 amide bonds. The maximum Gasteiger partial charge on any atom is 0.136 e. The van der Waals surface area contributed by atoms with Crippen molar-refractivity contribution in [3.8, 4) is 5.75 Å². The van der Waals surface area contributed by atoms with Crippen LogP contribution in [0.3, 0.4) is 0 Å². The fourth-order valence-corrected chi connectivity index (χ4v) is 1.25. The lowest BCUT2D eigenvalue weighted by Crippen LogP contribution is -2.01. The maximum atomic E-state index is 5.56. The molecule has 1 aromatic heterocycles. The highest BCUT2D eigenvalue weighted by Gasteiger charge is 2.00. The van der Waals surface area contributed by atoms with Gasteiger partial charge in [-0.1, -0.05) is 13.8 Å². The first-order valence-corrected chi connectivity index (χ1v) is 5.21. The second kappa shape index (κ2) is 5.22. The molecule has 0 fully saturated rings. The Morgan fingerprint density at radius 3 is 2.92 bits per heavy atom. The van der Waals surface area contributed by atoms with E-state index in [2.05, 4.69) is 34.8 Å². The maximum absolute atomic E-state index is 5.56. The van der Waals surface area contributed by atoms with Crippen LogP contribution in [0.25, 0.3) is 0 Å². The van der Waals surface area contributed by atoms with Gasteiger partial charge in [-0.3, -0.25) is 4.98 Å². The molecule has 1 aromatic rings. The standard InChI is InChI=1S/C10H14BrNO/c1-8(2)4-6-13-10-3-5-12-7-9(10)11/h3,5,7-8H,4,6H2,1-2H3. The normalized spacial score (nSPS) is 10.5. The summed E-state index contributed by atoms with van der Waals surface area (Å²) in [5.41, 5.74) is 0. The second-order valence-corrected chi connectivity index (χ2v) is 4.19. The van der Waals surface area contributed by atoms with E-state index in [4.69, 9.17) is 4.74 Å². The zero-order valence-electron chi connectivity index (χ0n) is 7.96. The van der Waals surface area contributed by atoms with Gasteiger partial charge in [-0.05, 0) is 34.3 Å². The summed E-state index contributed by atoms with van der Waals surface area (Å²) in [4.78, 5) is 3.96. The third-order valence-electron chi connectivity index (χ3n) is 1.69. The van der Waals surface area contributed by atoms with Gasteiger partial charge >= 0.3 is 0 Å².